The zero-order chi connectivity index (χ0) is 25.9. The van der Waals surface area contributed by atoms with Crippen LogP contribution in [0, 0.1) is 0 Å². The maximum atomic E-state index is 13.9. The Morgan fingerprint density at radius 3 is 2.49 bits per heavy atom. The summed E-state index contributed by atoms with van der Waals surface area (Å²) < 4.78 is 0. The molecule has 0 radical (unpaired) electrons. The second kappa shape index (κ2) is 10.7. The van der Waals surface area contributed by atoms with Crippen molar-refractivity contribution < 1.29 is 9.59 Å². The summed E-state index contributed by atoms with van der Waals surface area (Å²) in [7, 11) is 1.99. The number of anilines is 3. The molecule has 188 valence electrons. The first-order valence-electron chi connectivity index (χ1n) is 12.0. The molecule has 0 unspecified atom stereocenters. The first-order valence-corrected chi connectivity index (χ1v) is 13.6. The maximum absolute atomic E-state index is 13.9. The van der Waals surface area contributed by atoms with Crippen molar-refractivity contribution in [3.8, 4) is 0 Å². The van der Waals surface area contributed by atoms with Crippen molar-refractivity contribution in [2.45, 2.75) is 25.3 Å². The molecule has 1 saturated heterocycles. The molecular formula is C28H27N5O2S2. The molecule has 1 fully saturated rings. The molecule has 37 heavy (non-hydrogen) atoms. The van der Waals surface area contributed by atoms with Crippen LogP contribution in [0.1, 0.15) is 19.4 Å². The van der Waals surface area contributed by atoms with E-state index in [9.17, 15) is 9.59 Å². The summed E-state index contributed by atoms with van der Waals surface area (Å²) in [4.78, 5) is 36.1. The van der Waals surface area contributed by atoms with Gasteiger partial charge in [0.2, 0.25) is 5.91 Å². The van der Waals surface area contributed by atoms with Gasteiger partial charge in [-0.3, -0.25) is 14.5 Å². The van der Waals surface area contributed by atoms with Crippen molar-refractivity contribution in [3.63, 3.8) is 0 Å². The number of nitrogens with zero attached hydrogens (tertiary/aromatic N) is 3. The fraction of sp³-hybridized carbons (Fsp3) is 0.179. The minimum absolute atomic E-state index is 0.0715. The van der Waals surface area contributed by atoms with E-state index in [2.05, 4.69) is 27.7 Å². The number of thioether (sulfide) groups is 2. The number of benzene rings is 3. The van der Waals surface area contributed by atoms with Crippen molar-refractivity contribution in [2.24, 2.45) is 4.99 Å². The average molecular weight is 530 g/mol. The van der Waals surface area contributed by atoms with E-state index in [-0.39, 0.29) is 11.8 Å². The minimum Gasteiger partial charge on any atom is -0.384 e. The largest absolute Gasteiger partial charge is 0.384 e. The van der Waals surface area contributed by atoms with Crippen LogP contribution in [0.25, 0.3) is 0 Å². The van der Waals surface area contributed by atoms with Crippen molar-refractivity contribution in [2.75, 3.05) is 29.1 Å². The molecule has 3 aromatic carbocycles. The van der Waals surface area contributed by atoms with Gasteiger partial charge in [-0.05, 0) is 54.6 Å². The van der Waals surface area contributed by atoms with Gasteiger partial charge in [0.1, 0.15) is 4.91 Å². The van der Waals surface area contributed by atoms with Gasteiger partial charge in [0.25, 0.3) is 5.91 Å². The Hall–Kier alpha value is -3.69. The van der Waals surface area contributed by atoms with E-state index in [1.165, 1.54) is 18.7 Å². The Labute approximate surface area is 225 Å². The van der Waals surface area contributed by atoms with E-state index >= 15 is 0 Å². The van der Waals surface area contributed by atoms with E-state index in [4.69, 9.17) is 4.99 Å². The molecule has 9 heteroatoms. The van der Waals surface area contributed by atoms with Gasteiger partial charge >= 0.3 is 0 Å². The summed E-state index contributed by atoms with van der Waals surface area (Å²) in [5, 5.41) is 7.66. The van der Waals surface area contributed by atoms with Crippen molar-refractivity contribution in [1.82, 2.24) is 4.90 Å². The van der Waals surface area contributed by atoms with Gasteiger partial charge in [0, 0.05) is 31.1 Å². The third-order valence-electron chi connectivity index (χ3n) is 5.88. The van der Waals surface area contributed by atoms with Crippen LogP contribution < -0.4 is 15.5 Å². The first-order chi connectivity index (χ1) is 17.9. The Morgan fingerprint density at radius 2 is 1.76 bits per heavy atom. The number of rotatable bonds is 6. The molecule has 3 aromatic rings. The normalized spacial score (nSPS) is 17.9. The molecule has 2 heterocycles. The highest BCUT2D eigenvalue weighted by atomic mass is 32.2. The lowest BCUT2D eigenvalue weighted by atomic mass is 10.2. The summed E-state index contributed by atoms with van der Waals surface area (Å²) >= 11 is 2.99. The highest BCUT2D eigenvalue weighted by Gasteiger charge is 2.39. The quantitative estimate of drug-likeness (QED) is 0.368. The van der Waals surface area contributed by atoms with Crippen LogP contribution in [-0.2, 0) is 16.1 Å². The standard InChI is InChI=1S/C28H27N5O2S2/c1-4-29-21-15-14-20(30-18(2)34)16-22(21)31-28-33(17-19-10-6-5-7-11-19)26(35)25(37-28)27-32(3)23-12-8-9-13-24(23)36-27/h5-16,29H,4,17H2,1-3H3,(H,30,34)/b27-25-,31-28-. The van der Waals surface area contributed by atoms with Crippen LogP contribution in [0.5, 0.6) is 0 Å². The van der Waals surface area contributed by atoms with Crippen molar-refractivity contribution in [1.29, 1.82) is 0 Å². The molecule has 2 N–H and O–H groups in total. The lowest BCUT2D eigenvalue weighted by molar-refractivity contribution is -0.122. The first kappa shape index (κ1) is 25.0. The summed E-state index contributed by atoms with van der Waals surface area (Å²) in [6, 6.07) is 23.6. The Bertz CT molecular complexity index is 1420. The topological polar surface area (TPSA) is 77.0 Å². The van der Waals surface area contributed by atoms with E-state index in [1.807, 2.05) is 74.6 Å². The number of aliphatic imine (C=N–C) groups is 1. The summed E-state index contributed by atoms with van der Waals surface area (Å²) in [5.41, 5.74) is 4.24. The monoisotopic (exact) mass is 529 g/mol. The Morgan fingerprint density at radius 1 is 1.00 bits per heavy atom. The average Bonchev–Trinajstić information content (AvgIpc) is 3.37. The molecule has 0 bridgehead atoms. The SMILES string of the molecule is CCNc1ccc(NC(C)=O)cc1/N=C1\S/C(=C2\Sc3ccccc3N2C)C(=O)N1Cc1ccccc1. The zero-order valence-electron chi connectivity index (χ0n) is 20.8. The predicted molar refractivity (Wildman–Crippen MR) is 154 cm³/mol. The molecule has 0 aromatic heterocycles. The van der Waals surface area contributed by atoms with Crippen LogP contribution >= 0.6 is 23.5 Å². The number of hydrogen-bond donors (Lipinski definition) is 2. The number of amides is 2. The molecule has 0 aliphatic carbocycles. The van der Waals surface area contributed by atoms with E-state index in [1.54, 1.807) is 16.7 Å². The van der Waals surface area contributed by atoms with Gasteiger partial charge in [0.05, 0.1) is 28.6 Å². The van der Waals surface area contributed by atoms with Crippen molar-refractivity contribution in [3.05, 3.63) is 88.3 Å². The second-order valence-corrected chi connectivity index (χ2v) is 10.6. The number of carbonyl (C=O) groups excluding carboxylic acids is 2. The summed E-state index contributed by atoms with van der Waals surface area (Å²) in [5.74, 6) is -0.225. The van der Waals surface area contributed by atoms with Crippen LogP contribution in [-0.4, -0.2) is 35.5 Å². The molecule has 0 saturated carbocycles. The van der Waals surface area contributed by atoms with Gasteiger partial charge in [0.15, 0.2) is 5.17 Å². The minimum atomic E-state index is -0.154. The molecular weight excluding hydrogens is 502 g/mol. The number of para-hydroxylation sites is 1. The third kappa shape index (κ3) is 5.23. The molecule has 5 rings (SSSR count). The fourth-order valence-corrected chi connectivity index (χ4v) is 6.51. The zero-order valence-corrected chi connectivity index (χ0v) is 22.5. The Balaban J connectivity index is 1.58. The highest BCUT2D eigenvalue weighted by Crippen LogP contribution is 2.50. The third-order valence-corrected chi connectivity index (χ3v) is 8.31. The van der Waals surface area contributed by atoms with E-state index in [0.29, 0.717) is 34.5 Å². The number of nitrogens with one attached hydrogen (secondary N) is 2. The predicted octanol–water partition coefficient (Wildman–Crippen LogP) is 6.25. The lowest BCUT2D eigenvalue weighted by Crippen LogP contribution is -2.29. The van der Waals surface area contributed by atoms with Gasteiger partial charge in [-0.1, -0.05) is 54.2 Å². The van der Waals surface area contributed by atoms with Gasteiger partial charge in [-0.15, -0.1) is 0 Å². The van der Waals surface area contributed by atoms with Gasteiger partial charge in [-0.25, -0.2) is 4.99 Å². The van der Waals surface area contributed by atoms with E-state index in [0.717, 1.165) is 26.9 Å². The van der Waals surface area contributed by atoms with Crippen molar-refractivity contribution >= 4 is 63.3 Å². The highest BCUT2D eigenvalue weighted by molar-refractivity contribution is 8.19. The second-order valence-electron chi connectivity index (χ2n) is 8.58. The van der Waals surface area contributed by atoms with E-state index < -0.39 is 0 Å². The number of amidine groups is 1. The van der Waals surface area contributed by atoms with Crippen LogP contribution in [0.2, 0.25) is 0 Å². The van der Waals surface area contributed by atoms with Gasteiger partial charge in [-0.2, -0.15) is 0 Å². The molecule has 2 amide bonds. The molecule has 2 aliphatic rings. The fourth-order valence-electron chi connectivity index (χ4n) is 4.17. The van der Waals surface area contributed by atoms with Gasteiger partial charge < -0.3 is 15.5 Å². The molecule has 7 nitrogen and oxygen atoms in total. The number of carbonyl (C=O) groups is 2. The lowest BCUT2D eigenvalue weighted by Gasteiger charge is -2.17. The number of fused-ring (bicyclic) bond motifs is 1. The molecule has 2 aliphatic heterocycles. The van der Waals surface area contributed by atoms with Crippen LogP contribution in [0.4, 0.5) is 22.7 Å². The Kier molecular flexibility index (Phi) is 7.25. The summed E-state index contributed by atoms with van der Waals surface area (Å²) in [6.45, 7) is 4.61. The number of hydrogen-bond acceptors (Lipinski definition) is 7. The van der Waals surface area contributed by atoms with Crippen LogP contribution in [0.3, 0.4) is 0 Å². The summed E-state index contributed by atoms with van der Waals surface area (Å²) in [6.07, 6.45) is 0. The smallest absolute Gasteiger partial charge is 0.269 e. The maximum Gasteiger partial charge on any atom is 0.269 e. The molecule has 0 atom stereocenters. The molecule has 0 spiro atoms. The van der Waals surface area contributed by atoms with Crippen LogP contribution in [0.15, 0.2) is 92.6 Å².